The van der Waals surface area contributed by atoms with Gasteiger partial charge < -0.3 is 16.8 Å². The van der Waals surface area contributed by atoms with Gasteiger partial charge in [-0.05, 0) is 18.2 Å². The first-order valence-corrected chi connectivity index (χ1v) is 6.99. The molecule has 2 aromatic rings. The molecule has 0 amide bonds. The minimum Gasteiger partial charge on any atom is -0.397 e. The van der Waals surface area contributed by atoms with Crippen LogP contribution < -0.4 is 16.8 Å². The van der Waals surface area contributed by atoms with E-state index in [2.05, 4.69) is 5.32 Å². The van der Waals surface area contributed by atoms with Gasteiger partial charge in [0.1, 0.15) is 5.02 Å². The summed E-state index contributed by atoms with van der Waals surface area (Å²) in [5.41, 5.74) is 11.4. The van der Waals surface area contributed by atoms with Gasteiger partial charge in [0.05, 0.1) is 22.7 Å². The van der Waals surface area contributed by atoms with E-state index in [-0.39, 0.29) is 27.0 Å². The van der Waals surface area contributed by atoms with Crippen LogP contribution in [0.15, 0.2) is 35.2 Å². The smallest absolute Gasteiger partial charge is 0.288 e. The first kappa shape index (κ1) is 15.7. The van der Waals surface area contributed by atoms with Gasteiger partial charge in [0.2, 0.25) is 0 Å². The standard InChI is InChI=1S/C13H11ClF3N3S/c14-10-6(18)5-7(19)12(11(10)15)20-8-3-1-2-4-9(8)21-13(16)17/h1-5,13,20H,18-19H2. The first-order valence-electron chi connectivity index (χ1n) is 5.74. The fourth-order valence-electron chi connectivity index (χ4n) is 1.70. The second kappa shape index (κ2) is 6.36. The van der Waals surface area contributed by atoms with Crippen molar-refractivity contribution in [2.45, 2.75) is 10.7 Å². The van der Waals surface area contributed by atoms with Crippen molar-refractivity contribution in [2.24, 2.45) is 0 Å². The highest BCUT2D eigenvalue weighted by Gasteiger charge is 2.16. The van der Waals surface area contributed by atoms with Crippen molar-refractivity contribution in [2.75, 3.05) is 16.8 Å². The second-order valence-electron chi connectivity index (χ2n) is 4.06. The molecule has 0 aliphatic carbocycles. The lowest BCUT2D eigenvalue weighted by Gasteiger charge is -2.15. The molecule has 0 saturated heterocycles. The first-order chi connectivity index (χ1) is 9.90. The molecule has 5 N–H and O–H groups in total. The molecule has 112 valence electrons. The summed E-state index contributed by atoms with van der Waals surface area (Å²) < 4.78 is 39.1. The largest absolute Gasteiger partial charge is 0.397 e. The molecule has 0 fully saturated rings. The number of nitrogens with two attached hydrogens (primary N) is 2. The van der Waals surface area contributed by atoms with Gasteiger partial charge in [-0.2, -0.15) is 8.78 Å². The number of para-hydroxylation sites is 1. The Hall–Kier alpha value is -1.73. The highest BCUT2D eigenvalue weighted by atomic mass is 35.5. The third-order valence-corrected chi connectivity index (χ3v) is 3.80. The van der Waals surface area contributed by atoms with Crippen molar-refractivity contribution in [3.8, 4) is 0 Å². The molecule has 0 heterocycles. The Balaban J connectivity index is 2.42. The van der Waals surface area contributed by atoms with Gasteiger partial charge in [0.25, 0.3) is 5.76 Å². The lowest BCUT2D eigenvalue weighted by molar-refractivity contribution is 0.252. The van der Waals surface area contributed by atoms with Gasteiger partial charge in [-0.25, -0.2) is 4.39 Å². The van der Waals surface area contributed by atoms with Crippen LogP contribution in [0.25, 0.3) is 0 Å². The fraction of sp³-hybridized carbons (Fsp3) is 0.0769. The van der Waals surface area contributed by atoms with Crippen LogP contribution in [-0.2, 0) is 0 Å². The summed E-state index contributed by atoms with van der Waals surface area (Å²) in [6.45, 7) is 0. The average Bonchev–Trinajstić information content (AvgIpc) is 2.42. The maximum atomic E-state index is 14.1. The third-order valence-electron chi connectivity index (χ3n) is 2.63. The summed E-state index contributed by atoms with van der Waals surface area (Å²) in [6, 6.07) is 7.56. The van der Waals surface area contributed by atoms with Gasteiger partial charge in [-0.15, -0.1) is 0 Å². The number of nitrogen functional groups attached to an aromatic ring is 2. The highest BCUT2D eigenvalue weighted by molar-refractivity contribution is 7.99. The molecule has 21 heavy (non-hydrogen) atoms. The summed E-state index contributed by atoms with van der Waals surface area (Å²) in [7, 11) is 0. The Kier molecular flexibility index (Phi) is 4.74. The molecule has 0 radical (unpaired) electrons. The topological polar surface area (TPSA) is 64.1 Å². The quantitative estimate of drug-likeness (QED) is 0.560. The van der Waals surface area contributed by atoms with Crippen molar-refractivity contribution >= 4 is 46.1 Å². The van der Waals surface area contributed by atoms with Crippen LogP contribution in [-0.4, -0.2) is 5.76 Å². The van der Waals surface area contributed by atoms with Crippen LogP contribution in [0.4, 0.5) is 35.9 Å². The molecule has 0 spiro atoms. The van der Waals surface area contributed by atoms with E-state index in [1.54, 1.807) is 12.1 Å². The van der Waals surface area contributed by atoms with E-state index in [0.29, 0.717) is 17.4 Å². The van der Waals surface area contributed by atoms with Crippen molar-refractivity contribution in [1.82, 2.24) is 0 Å². The monoisotopic (exact) mass is 333 g/mol. The highest BCUT2D eigenvalue weighted by Crippen LogP contribution is 2.38. The summed E-state index contributed by atoms with van der Waals surface area (Å²) in [6.07, 6.45) is 0. The summed E-state index contributed by atoms with van der Waals surface area (Å²) in [4.78, 5) is 0.263. The molecule has 0 aromatic heterocycles. The average molecular weight is 334 g/mol. The van der Waals surface area contributed by atoms with E-state index in [4.69, 9.17) is 23.1 Å². The van der Waals surface area contributed by atoms with Crippen LogP contribution in [0.2, 0.25) is 5.02 Å². The molecule has 0 unspecified atom stereocenters. The normalized spacial score (nSPS) is 10.9. The van der Waals surface area contributed by atoms with Gasteiger partial charge in [0.15, 0.2) is 5.82 Å². The predicted molar refractivity (Wildman–Crippen MR) is 81.8 cm³/mol. The Labute approximate surface area is 128 Å². The number of thioether (sulfide) groups is 1. The Morgan fingerprint density at radius 1 is 1.14 bits per heavy atom. The second-order valence-corrected chi connectivity index (χ2v) is 5.47. The molecular formula is C13H11ClF3N3S. The number of anilines is 4. The van der Waals surface area contributed by atoms with Gasteiger partial charge >= 0.3 is 0 Å². The number of alkyl halides is 2. The molecular weight excluding hydrogens is 323 g/mol. The zero-order valence-corrected chi connectivity index (χ0v) is 12.1. The van der Waals surface area contributed by atoms with Gasteiger partial charge in [0, 0.05) is 4.90 Å². The molecule has 0 atom stereocenters. The zero-order chi connectivity index (χ0) is 15.6. The SMILES string of the molecule is Nc1cc(N)c(Nc2ccccc2SC(F)F)c(F)c1Cl. The molecule has 0 saturated carbocycles. The Morgan fingerprint density at radius 2 is 1.81 bits per heavy atom. The summed E-state index contributed by atoms with van der Waals surface area (Å²) >= 11 is 6.07. The number of nitrogens with one attached hydrogen (secondary N) is 1. The molecule has 0 bridgehead atoms. The van der Waals surface area contributed by atoms with Gasteiger partial charge in [-0.3, -0.25) is 0 Å². The zero-order valence-electron chi connectivity index (χ0n) is 10.5. The van der Waals surface area contributed by atoms with Crippen LogP contribution >= 0.6 is 23.4 Å². The van der Waals surface area contributed by atoms with Crippen molar-refractivity contribution in [3.05, 3.63) is 41.2 Å². The van der Waals surface area contributed by atoms with E-state index in [0.717, 1.165) is 0 Å². The Bertz CT molecular complexity index is 667. The van der Waals surface area contributed by atoms with Crippen LogP contribution in [0.5, 0.6) is 0 Å². The number of halogens is 4. The van der Waals surface area contributed by atoms with E-state index < -0.39 is 11.6 Å². The predicted octanol–water partition coefficient (Wildman–Crippen LogP) is 4.70. The Morgan fingerprint density at radius 3 is 2.48 bits per heavy atom. The number of hydrogen-bond donors (Lipinski definition) is 3. The maximum Gasteiger partial charge on any atom is 0.288 e. The lowest BCUT2D eigenvalue weighted by Crippen LogP contribution is -2.03. The van der Waals surface area contributed by atoms with Crippen molar-refractivity contribution in [3.63, 3.8) is 0 Å². The molecule has 3 nitrogen and oxygen atoms in total. The number of benzene rings is 2. The van der Waals surface area contributed by atoms with E-state index in [1.807, 2.05) is 0 Å². The molecule has 2 aromatic carbocycles. The molecule has 0 aliphatic rings. The van der Waals surface area contributed by atoms with Crippen LogP contribution in [0.3, 0.4) is 0 Å². The third kappa shape index (κ3) is 3.48. The minimum atomic E-state index is -2.59. The van der Waals surface area contributed by atoms with Crippen LogP contribution in [0.1, 0.15) is 0 Å². The molecule has 0 aliphatic heterocycles. The van der Waals surface area contributed by atoms with Crippen molar-refractivity contribution < 1.29 is 13.2 Å². The lowest BCUT2D eigenvalue weighted by atomic mass is 10.2. The molecule has 2 rings (SSSR count). The van der Waals surface area contributed by atoms with Crippen LogP contribution in [0, 0.1) is 5.82 Å². The minimum absolute atomic E-state index is 0.00690. The van der Waals surface area contributed by atoms with E-state index in [9.17, 15) is 13.2 Å². The van der Waals surface area contributed by atoms with E-state index in [1.165, 1.54) is 18.2 Å². The fourth-order valence-corrected chi connectivity index (χ4v) is 2.44. The molecule has 8 heteroatoms. The number of rotatable bonds is 4. The van der Waals surface area contributed by atoms with E-state index >= 15 is 0 Å². The maximum absolute atomic E-state index is 14.1. The summed E-state index contributed by atoms with van der Waals surface area (Å²) in [5, 5.41) is 2.42. The number of hydrogen-bond acceptors (Lipinski definition) is 4. The van der Waals surface area contributed by atoms with Crippen molar-refractivity contribution in [1.29, 1.82) is 0 Å². The summed E-state index contributed by atoms with van der Waals surface area (Å²) in [5.74, 6) is -3.42. The van der Waals surface area contributed by atoms with Gasteiger partial charge in [-0.1, -0.05) is 35.5 Å².